The van der Waals surface area contributed by atoms with Gasteiger partial charge in [0.1, 0.15) is 11.2 Å². The summed E-state index contributed by atoms with van der Waals surface area (Å²) in [5.41, 5.74) is 16.7. The molecule has 0 fully saturated rings. The van der Waals surface area contributed by atoms with E-state index >= 15 is 0 Å². The Labute approximate surface area is 355 Å². The van der Waals surface area contributed by atoms with Crippen molar-refractivity contribution in [3.63, 3.8) is 0 Å². The molecule has 10 aromatic carbocycles. The third-order valence-electron chi connectivity index (χ3n) is 12.7. The van der Waals surface area contributed by atoms with Crippen LogP contribution in [0, 0.1) is 0 Å². The molecule has 0 unspecified atom stereocenters. The summed E-state index contributed by atoms with van der Waals surface area (Å²) in [5.74, 6) is 0. The van der Waals surface area contributed by atoms with Crippen molar-refractivity contribution >= 4 is 49.8 Å². The van der Waals surface area contributed by atoms with Crippen LogP contribution in [0.1, 0.15) is 22.3 Å². The molecule has 1 heterocycles. The number of para-hydroxylation sites is 2. The second kappa shape index (κ2) is 14.1. The summed E-state index contributed by atoms with van der Waals surface area (Å²) in [6, 6.07) is 86.1. The maximum absolute atomic E-state index is 6.51. The molecule has 0 aliphatic heterocycles. The van der Waals surface area contributed by atoms with Crippen molar-refractivity contribution < 1.29 is 4.42 Å². The summed E-state index contributed by atoms with van der Waals surface area (Å²) >= 11 is 0. The fourth-order valence-corrected chi connectivity index (χ4v) is 10.1. The molecule has 0 amide bonds. The van der Waals surface area contributed by atoms with E-state index in [4.69, 9.17) is 4.42 Å². The van der Waals surface area contributed by atoms with E-state index in [-0.39, 0.29) is 0 Å². The van der Waals surface area contributed by atoms with Gasteiger partial charge in [-0.2, -0.15) is 0 Å². The molecule has 12 rings (SSSR count). The summed E-state index contributed by atoms with van der Waals surface area (Å²) in [6.07, 6.45) is 0. The van der Waals surface area contributed by atoms with Gasteiger partial charge in [0.15, 0.2) is 0 Å². The van der Waals surface area contributed by atoms with E-state index in [1.807, 2.05) is 12.1 Å². The third kappa shape index (κ3) is 5.43. The standard InChI is InChI=1S/C59H39NO/c1-3-20-43(21-4-1)59(44-22-5-2-6-23-44)53-31-11-9-27-52(53)57-54(59)32-16-33-55(57)60(46-24-13-19-42(39-46)48-28-14-18-40-17-7-8-25-47(40)48)45-37-35-41(36-38-45)49-29-15-30-51-50-26-10-12-34-56(50)61-58(49)51/h1-39H. The Bertz CT molecular complexity index is 3370. The van der Waals surface area contributed by atoms with Gasteiger partial charge in [0.05, 0.1) is 11.1 Å². The fourth-order valence-electron chi connectivity index (χ4n) is 10.1. The Morgan fingerprint density at radius 2 is 0.951 bits per heavy atom. The topological polar surface area (TPSA) is 16.4 Å². The van der Waals surface area contributed by atoms with Crippen molar-refractivity contribution in [2.75, 3.05) is 4.90 Å². The number of fused-ring (bicyclic) bond motifs is 7. The number of rotatable bonds is 7. The van der Waals surface area contributed by atoms with E-state index in [0.29, 0.717) is 0 Å². The molecule has 61 heavy (non-hydrogen) atoms. The zero-order valence-corrected chi connectivity index (χ0v) is 33.4. The molecule has 11 aromatic rings. The maximum atomic E-state index is 6.51. The maximum Gasteiger partial charge on any atom is 0.143 e. The normalized spacial score (nSPS) is 12.7. The Morgan fingerprint density at radius 3 is 1.77 bits per heavy atom. The largest absolute Gasteiger partial charge is 0.455 e. The van der Waals surface area contributed by atoms with Crippen LogP contribution in [0.4, 0.5) is 17.1 Å². The highest BCUT2D eigenvalue weighted by atomic mass is 16.3. The predicted molar refractivity (Wildman–Crippen MR) is 254 cm³/mol. The second-order valence-corrected chi connectivity index (χ2v) is 16.0. The zero-order valence-electron chi connectivity index (χ0n) is 33.4. The molecule has 286 valence electrons. The van der Waals surface area contributed by atoms with Crippen LogP contribution in [0.5, 0.6) is 0 Å². The Hall–Kier alpha value is -7.94. The van der Waals surface area contributed by atoms with E-state index in [0.717, 1.165) is 50.1 Å². The average molecular weight is 778 g/mol. The van der Waals surface area contributed by atoms with Gasteiger partial charge in [-0.3, -0.25) is 0 Å². The number of hydrogen-bond donors (Lipinski definition) is 0. The summed E-state index contributed by atoms with van der Waals surface area (Å²) in [4.78, 5) is 2.46. The van der Waals surface area contributed by atoms with Crippen molar-refractivity contribution in [2.45, 2.75) is 5.41 Å². The molecule has 2 nitrogen and oxygen atoms in total. The molecule has 2 heteroatoms. The molecule has 1 aliphatic rings. The van der Waals surface area contributed by atoms with Gasteiger partial charge in [-0.25, -0.2) is 0 Å². The van der Waals surface area contributed by atoms with Crippen molar-refractivity contribution in [1.29, 1.82) is 0 Å². The molecule has 0 bridgehead atoms. The van der Waals surface area contributed by atoms with Gasteiger partial charge >= 0.3 is 0 Å². The van der Waals surface area contributed by atoms with Crippen molar-refractivity contribution in [3.8, 4) is 33.4 Å². The summed E-state index contributed by atoms with van der Waals surface area (Å²) in [7, 11) is 0. The minimum Gasteiger partial charge on any atom is -0.455 e. The lowest BCUT2D eigenvalue weighted by Gasteiger charge is -2.34. The molecule has 0 saturated carbocycles. The number of benzene rings is 10. The quantitative estimate of drug-likeness (QED) is 0.160. The first-order chi connectivity index (χ1) is 30.3. The average Bonchev–Trinajstić information content (AvgIpc) is 3.87. The number of nitrogens with zero attached hydrogens (tertiary/aromatic N) is 1. The van der Waals surface area contributed by atoms with E-state index in [1.54, 1.807) is 0 Å². The summed E-state index contributed by atoms with van der Waals surface area (Å²) in [5, 5.41) is 4.73. The van der Waals surface area contributed by atoms with Crippen LogP contribution in [0.2, 0.25) is 0 Å². The summed E-state index contributed by atoms with van der Waals surface area (Å²) < 4.78 is 6.51. The van der Waals surface area contributed by atoms with Gasteiger partial charge in [-0.05, 0) is 91.7 Å². The van der Waals surface area contributed by atoms with Crippen LogP contribution in [0.15, 0.2) is 241 Å². The van der Waals surface area contributed by atoms with Crippen LogP contribution in [0.3, 0.4) is 0 Å². The van der Waals surface area contributed by atoms with Gasteiger partial charge in [0.2, 0.25) is 0 Å². The molecule has 0 N–H and O–H groups in total. The van der Waals surface area contributed by atoms with Gasteiger partial charge in [0, 0.05) is 33.3 Å². The zero-order chi connectivity index (χ0) is 40.3. The highest BCUT2D eigenvalue weighted by Gasteiger charge is 2.47. The first kappa shape index (κ1) is 35.0. The monoisotopic (exact) mass is 777 g/mol. The molecule has 1 aromatic heterocycles. The van der Waals surface area contributed by atoms with Crippen molar-refractivity contribution in [1.82, 2.24) is 0 Å². The molecule has 0 atom stereocenters. The van der Waals surface area contributed by atoms with Crippen molar-refractivity contribution in [2.24, 2.45) is 0 Å². The Balaban J connectivity index is 1.10. The smallest absolute Gasteiger partial charge is 0.143 e. The first-order valence-corrected chi connectivity index (χ1v) is 21.0. The summed E-state index contributed by atoms with van der Waals surface area (Å²) in [6.45, 7) is 0. The van der Waals surface area contributed by atoms with Gasteiger partial charge in [-0.15, -0.1) is 0 Å². The van der Waals surface area contributed by atoms with Gasteiger partial charge in [-0.1, -0.05) is 200 Å². The van der Waals surface area contributed by atoms with Crippen LogP contribution in [-0.4, -0.2) is 0 Å². The molecular formula is C59H39NO. The SMILES string of the molecule is c1ccc(C2(c3ccccc3)c3ccccc3-c3c(N(c4ccc(-c5cccc6c5oc5ccccc56)cc4)c4cccc(-c5cccc6ccccc56)c4)cccc32)cc1. The van der Waals surface area contributed by atoms with E-state index < -0.39 is 5.41 Å². The number of hydrogen-bond acceptors (Lipinski definition) is 2. The minimum atomic E-state index is -0.518. The second-order valence-electron chi connectivity index (χ2n) is 16.0. The van der Waals surface area contributed by atoms with Gasteiger partial charge < -0.3 is 9.32 Å². The molecule has 0 radical (unpaired) electrons. The van der Waals surface area contributed by atoms with Crippen LogP contribution >= 0.6 is 0 Å². The molecular weight excluding hydrogens is 739 g/mol. The highest BCUT2D eigenvalue weighted by molar-refractivity contribution is 6.09. The first-order valence-electron chi connectivity index (χ1n) is 21.0. The third-order valence-corrected chi connectivity index (χ3v) is 12.7. The van der Waals surface area contributed by atoms with Gasteiger partial charge in [0.25, 0.3) is 0 Å². The van der Waals surface area contributed by atoms with Crippen molar-refractivity contribution in [3.05, 3.63) is 259 Å². The number of furan rings is 1. The molecule has 0 saturated heterocycles. The predicted octanol–water partition coefficient (Wildman–Crippen LogP) is 15.9. The number of anilines is 3. The van der Waals surface area contributed by atoms with E-state index in [2.05, 4.69) is 229 Å². The molecule has 1 aliphatic carbocycles. The minimum absolute atomic E-state index is 0.518. The van der Waals surface area contributed by atoms with E-state index in [1.165, 1.54) is 55.3 Å². The van der Waals surface area contributed by atoms with Crippen LogP contribution < -0.4 is 4.90 Å². The Morgan fingerprint density at radius 1 is 0.361 bits per heavy atom. The highest BCUT2D eigenvalue weighted by Crippen LogP contribution is 2.59. The lowest BCUT2D eigenvalue weighted by molar-refractivity contribution is 0.670. The lowest BCUT2D eigenvalue weighted by atomic mass is 9.68. The van der Waals surface area contributed by atoms with Crippen LogP contribution in [0.25, 0.3) is 66.1 Å². The Kier molecular flexibility index (Phi) is 8.11. The molecule has 0 spiro atoms. The lowest BCUT2D eigenvalue weighted by Crippen LogP contribution is -2.28. The van der Waals surface area contributed by atoms with E-state index in [9.17, 15) is 0 Å². The fraction of sp³-hybridized carbons (Fsp3) is 0.0169. The van der Waals surface area contributed by atoms with Crippen LogP contribution in [-0.2, 0) is 5.41 Å².